The summed E-state index contributed by atoms with van der Waals surface area (Å²) >= 11 is 0. The molecular weight excluding hydrogens is 364 g/mol. The van der Waals surface area contributed by atoms with Crippen LogP contribution in [0.25, 0.3) is 10.9 Å². The van der Waals surface area contributed by atoms with Crippen LogP contribution in [0.3, 0.4) is 0 Å². The summed E-state index contributed by atoms with van der Waals surface area (Å²) in [6.07, 6.45) is 3.78. The summed E-state index contributed by atoms with van der Waals surface area (Å²) < 4.78 is 6.96. The van der Waals surface area contributed by atoms with Crippen LogP contribution in [0.2, 0.25) is 0 Å². The van der Waals surface area contributed by atoms with Gasteiger partial charge < -0.3 is 4.74 Å². The van der Waals surface area contributed by atoms with Crippen LogP contribution in [0.4, 0.5) is 0 Å². The lowest BCUT2D eigenvalue weighted by Gasteiger charge is -2.32. The number of aromatic nitrogens is 2. The fourth-order valence-corrected chi connectivity index (χ4v) is 3.94. The molecule has 1 aliphatic heterocycles. The van der Waals surface area contributed by atoms with E-state index in [9.17, 15) is 4.79 Å². The third kappa shape index (κ3) is 4.30. The molecule has 2 heterocycles. The minimum absolute atomic E-state index is 0.0117. The highest BCUT2D eigenvalue weighted by Crippen LogP contribution is 2.21. The molecule has 0 aliphatic carbocycles. The first-order chi connectivity index (χ1) is 14.2. The lowest BCUT2D eigenvalue weighted by molar-refractivity contribution is 0.166. The number of hydrogen-bond acceptors (Lipinski definition) is 5. The van der Waals surface area contributed by atoms with E-state index in [1.54, 1.807) is 36.2 Å². The van der Waals surface area contributed by atoms with Gasteiger partial charge >= 0.3 is 0 Å². The van der Waals surface area contributed by atoms with Crippen molar-refractivity contribution in [1.82, 2.24) is 14.5 Å². The van der Waals surface area contributed by atoms with Gasteiger partial charge in [0.05, 0.1) is 36.0 Å². The molecular formula is C23H24N4O2. The number of nitrogens with zero attached hydrogens (tertiary/aromatic N) is 4. The number of hydrogen-bond donors (Lipinski definition) is 0. The number of ether oxygens (including phenoxy) is 1. The first kappa shape index (κ1) is 19.2. The van der Waals surface area contributed by atoms with Gasteiger partial charge in [-0.05, 0) is 61.7 Å². The Morgan fingerprint density at radius 2 is 1.93 bits per heavy atom. The fourth-order valence-electron chi connectivity index (χ4n) is 3.94. The Bertz CT molecular complexity index is 1090. The van der Waals surface area contributed by atoms with Gasteiger partial charge in [0.15, 0.2) is 0 Å². The fraction of sp³-hybridized carbons (Fsp3) is 0.348. The van der Waals surface area contributed by atoms with E-state index in [2.05, 4.69) is 16.0 Å². The third-order valence-electron chi connectivity index (χ3n) is 5.68. The summed E-state index contributed by atoms with van der Waals surface area (Å²) in [4.78, 5) is 19.7. The highest BCUT2D eigenvalue weighted by molar-refractivity contribution is 5.78. The summed E-state index contributed by atoms with van der Waals surface area (Å²) in [5.41, 5.74) is 2.61. The van der Waals surface area contributed by atoms with E-state index < -0.39 is 0 Å². The smallest absolute Gasteiger partial charge is 0.261 e. The lowest BCUT2D eigenvalue weighted by Crippen LogP contribution is -2.36. The van der Waals surface area contributed by atoms with E-state index in [1.165, 1.54) is 5.56 Å². The molecule has 0 N–H and O–H groups in total. The van der Waals surface area contributed by atoms with Crippen molar-refractivity contribution in [3.63, 3.8) is 0 Å². The molecule has 0 amide bonds. The van der Waals surface area contributed by atoms with Gasteiger partial charge in [0, 0.05) is 19.2 Å². The highest BCUT2D eigenvalue weighted by Gasteiger charge is 2.20. The first-order valence-corrected chi connectivity index (χ1v) is 9.91. The number of nitriles is 1. The molecule has 0 saturated carbocycles. The molecule has 4 rings (SSSR count). The van der Waals surface area contributed by atoms with Crippen molar-refractivity contribution in [2.24, 2.45) is 5.92 Å². The molecule has 6 nitrogen and oxygen atoms in total. The predicted molar refractivity (Wildman–Crippen MR) is 112 cm³/mol. The van der Waals surface area contributed by atoms with E-state index in [4.69, 9.17) is 10.00 Å². The maximum absolute atomic E-state index is 12.8. The van der Waals surface area contributed by atoms with Crippen molar-refractivity contribution < 1.29 is 4.74 Å². The molecule has 3 aromatic rings. The molecule has 0 unspecified atom stereocenters. The summed E-state index contributed by atoms with van der Waals surface area (Å²) in [6.45, 7) is 3.63. The van der Waals surface area contributed by atoms with Crippen LogP contribution in [0.5, 0.6) is 5.75 Å². The van der Waals surface area contributed by atoms with Crippen molar-refractivity contribution in [3.8, 4) is 11.8 Å². The first-order valence-electron chi connectivity index (χ1n) is 9.91. The second kappa shape index (κ2) is 8.46. The van der Waals surface area contributed by atoms with Crippen LogP contribution in [0.15, 0.2) is 53.6 Å². The molecule has 1 fully saturated rings. The molecule has 0 bridgehead atoms. The van der Waals surface area contributed by atoms with Gasteiger partial charge in [-0.3, -0.25) is 14.3 Å². The SMILES string of the molecule is COc1ccc2c(=O)n(CC3CCN(Cc4ccc(C#N)cc4)CC3)cnc2c1. The van der Waals surface area contributed by atoms with Gasteiger partial charge in [-0.1, -0.05) is 12.1 Å². The Kier molecular flexibility index (Phi) is 5.59. The van der Waals surface area contributed by atoms with Crippen LogP contribution in [-0.2, 0) is 13.1 Å². The van der Waals surface area contributed by atoms with Crippen molar-refractivity contribution >= 4 is 10.9 Å². The average molecular weight is 388 g/mol. The van der Waals surface area contributed by atoms with Crippen LogP contribution in [-0.4, -0.2) is 34.7 Å². The highest BCUT2D eigenvalue weighted by atomic mass is 16.5. The maximum atomic E-state index is 12.8. The van der Waals surface area contributed by atoms with Gasteiger partial charge in [0.2, 0.25) is 0 Å². The van der Waals surface area contributed by atoms with E-state index in [1.807, 2.05) is 24.3 Å². The van der Waals surface area contributed by atoms with Gasteiger partial charge in [0.1, 0.15) is 5.75 Å². The van der Waals surface area contributed by atoms with E-state index in [-0.39, 0.29) is 5.56 Å². The Morgan fingerprint density at radius 1 is 1.17 bits per heavy atom. The number of benzene rings is 2. The molecule has 1 aliphatic rings. The molecule has 148 valence electrons. The molecule has 29 heavy (non-hydrogen) atoms. The normalized spacial score (nSPS) is 15.3. The lowest BCUT2D eigenvalue weighted by atomic mass is 9.96. The Hall–Kier alpha value is -3.17. The summed E-state index contributed by atoms with van der Waals surface area (Å²) in [6, 6.07) is 15.3. The van der Waals surface area contributed by atoms with Crippen LogP contribution < -0.4 is 10.3 Å². The van der Waals surface area contributed by atoms with Crippen LogP contribution in [0, 0.1) is 17.2 Å². The van der Waals surface area contributed by atoms with Crippen molar-refractivity contribution in [1.29, 1.82) is 5.26 Å². The zero-order valence-corrected chi connectivity index (χ0v) is 16.5. The Balaban J connectivity index is 1.37. The molecule has 0 radical (unpaired) electrons. The van der Waals surface area contributed by atoms with Crippen molar-refractivity contribution in [3.05, 3.63) is 70.3 Å². The largest absolute Gasteiger partial charge is 0.497 e. The number of piperidine rings is 1. The van der Waals surface area contributed by atoms with Crippen molar-refractivity contribution in [2.45, 2.75) is 25.9 Å². The molecule has 1 aromatic heterocycles. The third-order valence-corrected chi connectivity index (χ3v) is 5.68. The standard InChI is InChI=1S/C23H24N4O2/c1-29-20-6-7-21-22(12-20)25-16-27(23(21)28)15-19-8-10-26(11-9-19)14-18-4-2-17(13-24)3-5-18/h2-7,12,16,19H,8-11,14-15H2,1H3. The average Bonchev–Trinajstić information content (AvgIpc) is 2.77. The maximum Gasteiger partial charge on any atom is 0.261 e. The van der Waals surface area contributed by atoms with E-state index >= 15 is 0 Å². The zero-order chi connectivity index (χ0) is 20.2. The summed E-state index contributed by atoms with van der Waals surface area (Å²) in [5, 5.41) is 9.54. The van der Waals surface area contributed by atoms with Crippen molar-refractivity contribution in [2.75, 3.05) is 20.2 Å². The molecule has 0 atom stereocenters. The van der Waals surface area contributed by atoms with Gasteiger partial charge in [-0.25, -0.2) is 4.98 Å². The molecule has 0 spiro atoms. The molecule has 1 saturated heterocycles. The van der Waals surface area contributed by atoms with Gasteiger partial charge in [-0.2, -0.15) is 5.26 Å². The topological polar surface area (TPSA) is 71.2 Å². The van der Waals surface area contributed by atoms with Crippen LogP contribution in [0.1, 0.15) is 24.0 Å². The van der Waals surface area contributed by atoms with Gasteiger partial charge in [-0.15, -0.1) is 0 Å². The number of rotatable bonds is 5. The van der Waals surface area contributed by atoms with E-state index in [0.29, 0.717) is 34.7 Å². The second-order valence-electron chi connectivity index (χ2n) is 7.61. The summed E-state index contributed by atoms with van der Waals surface area (Å²) in [5.74, 6) is 1.18. The quantitative estimate of drug-likeness (QED) is 0.671. The number of fused-ring (bicyclic) bond motifs is 1. The predicted octanol–water partition coefficient (Wildman–Crippen LogP) is 3.19. The molecule has 6 heteroatoms. The summed E-state index contributed by atoms with van der Waals surface area (Å²) in [7, 11) is 1.61. The number of methoxy groups -OCH3 is 1. The minimum atomic E-state index is 0.0117. The van der Waals surface area contributed by atoms with Crippen LogP contribution >= 0.6 is 0 Å². The minimum Gasteiger partial charge on any atom is -0.497 e. The van der Waals surface area contributed by atoms with Gasteiger partial charge in [0.25, 0.3) is 5.56 Å². The van der Waals surface area contributed by atoms with E-state index in [0.717, 1.165) is 32.5 Å². The number of likely N-dealkylation sites (tertiary alicyclic amines) is 1. The Labute approximate surface area is 170 Å². The second-order valence-corrected chi connectivity index (χ2v) is 7.61. The molecule has 2 aromatic carbocycles. The monoisotopic (exact) mass is 388 g/mol. The zero-order valence-electron chi connectivity index (χ0n) is 16.5. The Morgan fingerprint density at radius 3 is 2.62 bits per heavy atom.